The fourth-order valence-electron chi connectivity index (χ4n) is 3.41. The summed E-state index contributed by atoms with van der Waals surface area (Å²) >= 11 is 0. The third kappa shape index (κ3) is 5.97. The van der Waals surface area contributed by atoms with Crippen molar-refractivity contribution in [1.29, 1.82) is 0 Å². The fourth-order valence-corrected chi connectivity index (χ4v) is 3.41. The molecule has 3 aromatic carbocycles. The van der Waals surface area contributed by atoms with E-state index in [4.69, 9.17) is 4.74 Å². The molecule has 1 atom stereocenters. The van der Waals surface area contributed by atoms with Crippen LogP contribution in [0.25, 0.3) is 0 Å². The van der Waals surface area contributed by atoms with E-state index >= 15 is 0 Å². The van der Waals surface area contributed by atoms with Gasteiger partial charge in [-0.2, -0.15) is 0 Å². The van der Waals surface area contributed by atoms with Crippen molar-refractivity contribution in [3.63, 3.8) is 0 Å². The molecule has 0 aliphatic rings. The Morgan fingerprint density at radius 2 is 1.39 bits per heavy atom. The van der Waals surface area contributed by atoms with Gasteiger partial charge in [-0.25, -0.2) is 0 Å². The number of benzene rings is 3. The zero-order chi connectivity index (χ0) is 19.8. The van der Waals surface area contributed by atoms with Gasteiger partial charge < -0.3 is 10.1 Å². The second-order valence-corrected chi connectivity index (χ2v) is 8.24. The first kappa shape index (κ1) is 20.2. The maximum absolute atomic E-state index is 6.25. The predicted molar refractivity (Wildman–Crippen MR) is 118 cm³/mol. The van der Waals surface area contributed by atoms with Gasteiger partial charge in [-0.15, -0.1) is 0 Å². The molecule has 0 saturated heterocycles. The summed E-state index contributed by atoms with van der Waals surface area (Å²) in [5.41, 5.74) is 3.88. The Labute approximate surface area is 169 Å². The molecule has 146 valence electrons. The van der Waals surface area contributed by atoms with E-state index in [0.717, 1.165) is 18.7 Å². The smallest absolute Gasteiger partial charge is 0.123 e. The van der Waals surface area contributed by atoms with Crippen LogP contribution < -0.4 is 10.1 Å². The van der Waals surface area contributed by atoms with E-state index < -0.39 is 0 Å². The number of hydrogen-bond acceptors (Lipinski definition) is 2. The van der Waals surface area contributed by atoms with Crippen LogP contribution in [0.5, 0.6) is 5.75 Å². The summed E-state index contributed by atoms with van der Waals surface area (Å²) in [6.45, 7) is 8.17. The van der Waals surface area contributed by atoms with E-state index in [1.165, 1.54) is 16.7 Å². The first-order chi connectivity index (χ1) is 13.5. The van der Waals surface area contributed by atoms with Crippen LogP contribution in [0.4, 0.5) is 0 Å². The lowest BCUT2D eigenvalue weighted by Crippen LogP contribution is -2.37. The molecule has 0 aliphatic carbocycles. The Hall–Kier alpha value is -2.58. The molecule has 0 radical (unpaired) electrons. The molecule has 3 aromatic rings. The Morgan fingerprint density at radius 1 is 0.786 bits per heavy atom. The molecule has 0 heterocycles. The maximum atomic E-state index is 6.25. The highest BCUT2D eigenvalue weighted by Gasteiger charge is 2.19. The molecule has 2 heteroatoms. The number of ether oxygens (including phenoxy) is 1. The number of nitrogens with one attached hydrogen (secondary N) is 1. The van der Waals surface area contributed by atoms with Gasteiger partial charge in [-0.05, 0) is 50.9 Å². The molecule has 0 aromatic heterocycles. The van der Waals surface area contributed by atoms with Gasteiger partial charge in [-0.3, -0.25) is 0 Å². The maximum Gasteiger partial charge on any atom is 0.123 e. The van der Waals surface area contributed by atoms with E-state index in [1.807, 2.05) is 6.07 Å². The summed E-state index contributed by atoms with van der Waals surface area (Å²) in [4.78, 5) is 0. The monoisotopic (exact) mass is 373 g/mol. The van der Waals surface area contributed by atoms with Crippen molar-refractivity contribution in [1.82, 2.24) is 5.32 Å². The first-order valence-electron chi connectivity index (χ1n) is 10.1. The average Bonchev–Trinajstić information content (AvgIpc) is 2.71. The van der Waals surface area contributed by atoms with Crippen molar-refractivity contribution in [2.45, 2.75) is 45.3 Å². The molecule has 0 spiro atoms. The molecule has 0 aliphatic heterocycles. The van der Waals surface area contributed by atoms with Crippen LogP contribution in [0.15, 0.2) is 84.9 Å². The van der Waals surface area contributed by atoms with Gasteiger partial charge in [0.25, 0.3) is 0 Å². The zero-order valence-corrected chi connectivity index (χ0v) is 17.2. The van der Waals surface area contributed by atoms with Gasteiger partial charge in [0.05, 0.1) is 0 Å². The largest absolute Gasteiger partial charge is 0.489 e. The van der Waals surface area contributed by atoms with Crippen molar-refractivity contribution in [2.75, 3.05) is 6.54 Å². The third-order valence-corrected chi connectivity index (χ3v) is 4.82. The van der Waals surface area contributed by atoms with Gasteiger partial charge in [0, 0.05) is 17.0 Å². The number of rotatable bonds is 8. The Bertz CT molecular complexity index is 837. The quantitative estimate of drug-likeness (QED) is 0.509. The van der Waals surface area contributed by atoms with E-state index in [9.17, 15) is 0 Å². The molecule has 2 nitrogen and oxygen atoms in total. The van der Waals surface area contributed by atoms with Gasteiger partial charge in [0.1, 0.15) is 12.4 Å². The highest BCUT2D eigenvalue weighted by atomic mass is 16.5. The zero-order valence-electron chi connectivity index (χ0n) is 17.2. The summed E-state index contributed by atoms with van der Waals surface area (Å²) in [5, 5.41) is 3.63. The molecule has 28 heavy (non-hydrogen) atoms. The summed E-state index contributed by atoms with van der Waals surface area (Å²) in [6, 6.07) is 29.5. The second-order valence-electron chi connectivity index (χ2n) is 8.24. The number of para-hydroxylation sites is 1. The third-order valence-electron chi connectivity index (χ3n) is 4.82. The van der Waals surface area contributed by atoms with E-state index in [1.54, 1.807) is 0 Å². The topological polar surface area (TPSA) is 21.3 Å². The lowest BCUT2D eigenvalue weighted by atomic mass is 9.87. The minimum atomic E-state index is 0.116. The van der Waals surface area contributed by atoms with Gasteiger partial charge >= 0.3 is 0 Å². The molecular formula is C26H31NO. The molecule has 3 rings (SSSR count). The molecule has 0 fully saturated rings. The van der Waals surface area contributed by atoms with Gasteiger partial charge in [-0.1, -0.05) is 78.9 Å². The lowest BCUT2D eigenvalue weighted by Gasteiger charge is -2.25. The van der Waals surface area contributed by atoms with Crippen LogP contribution >= 0.6 is 0 Å². The summed E-state index contributed by atoms with van der Waals surface area (Å²) in [6.07, 6.45) is 1.02. The molecule has 0 saturated carbocycles. The van der Waals surface area contributed by atoms with Gasteiger partial charge in [0.15, 0.2) is 0 Å². The van der Waals surface area contributed by atoms with Crippen molar-refractivity contribution < 1.29 is 4.74 Å². The van der Waals surface area contributed by atoms with Crippen molar-refractivity contribution in [3.8, 4) is 5.75 Å². The molecular weight excluding hydrogens is 342 g/mol. The van der Waals surface area contributed by atoms with Crippen LogP contribution in [0.3, 0.4) is 0 Å². The minimum absolute atomic E-state index is 0.116. The lowest BCUT2D eigenvalue weighted by molar-refractivity contribution is 0.301. The summed E-state index contributed by atoms with van der Waals surface area (Å²) in [7, 11) is 0. The van der Waals surface area contributed by atoms with E-state index in [-0.39, 0.29) is 5.54 Å². The predicted octanol–water partition coefficient (Wildman–Crippen LogP) is 6.18. The Kier molecular flexibility index (Phi) is 6.89. The summed E-state index contributed by atoms with van der Waals surface area (Å²) < 4.78 is 6.25. The van der Waals surface area contributed by atoms with Crippen LogP contribution in [0, 0.1) is 0 Å². The Balaban J connectivity index is 1.83. The SMILES string of the molecule is CC(C)(C)NCCC(c1ccccc1)c1ccccc1OCc1ccccc1. The van der Waals surface area contributed by atoms with E-state index in [2.05, 4.69) is 105 Å². The van der Waals surface area contributed by atoms with Crippen molar-refractivity contribution >= 4 is 0 Å². The summed E-state index contributed by atoms with van der Waals surface area (Å²) in [5.74, 6) is 1.26. The number of hydrogen-bond donors (Lipinski definition) is 1. The second kappa shape index (κ2) is 9.57. The highest BCUT2D eigenvalue weighted by molar-refractivity contribution is 5.42. The van der Waals surface area contributed by atoms with Crippen LogP contribution in [-0.2, 0) is 6.61 Å². The van der Waals surface area contributed by atoms with E-state index in [0.29, 0.717) is 12.5 Å². The fraction of sp³-hybridized carbons (Fsp3) is 0.308. The molecule has 0 amide bonds. The van der Waals surface area contributed by atoms with Crippen molar-refractivity contribution in [2.24, 2.45) is 0 Å². The van der Waals surface area contributed by atoms with Crippen LogP contribution in [0.2, 0.25) is 0 Å². The van der Waals surface area contributed by atoms with Crippen molar-refractivity contribution in [3.05, 3.63) is 102 Å². The van der Waals surface area contributed by atoms with Gasteiger partial charge in [0.2, 0.25) is 0 Å². The van der Waals surface area contributed by atoms with Crippen LogP contribution in [-0.4, -0.2) is 12.1 Å². The Morgan fingerprint density at radius 3 is 2.07 bits per heavy atom. The highest BCUT2D eigenvalue weighted by Crippen LogP contribution is 2.34. The average molecular weight is 374 g/mol. The van der Waals surface area contributed by atoms with Crippen LogP contribution in [0.1, 0.15) is 49.8 Å². The molecule has 1 unspecified atom stereocenters. The standard InChI is InChI=1S/C26H31NO/c1-26(2,3)27-19-18-23(22-14-8-5-9-15-22)24-16-10-11-17-25(24)28-20-21-12-6-4-7-13-21/h4-17,23,27H,18-20H2,1-3H3. The minimum Gasteiger partial charge on any atom is -0.489 e. The molecule has 0 bridgehead atoms. The molecule has 1 N–H and O–H groups in total. The normalized spacial score (nSPS) is 12.5. The first-order valence-corrected chi connectivity index (χ1v) is 10.1.